The summed E-state index contributed by atoms with van der Waals surface area (Å²) < 4.78 is 67.7. The fourth-order valence-corrected chi connectivity index (χ4v) is 10.6. The summed E-state index contributed by atoms with van der Waals surface area (Å²) in [5, 5.41) is 10.5. The molecule has 80 heavy (non-hydrogen) atoms. The minimum absolute atomic E-state index is 0.105. The number of ether oxygens (including phenoxy) is 4. The number of phosphoric acid groups is 2. The zero-order valence-corrected chi connectivity index (χ0v) is 53.0. The number of aliphatic hydroxyl groups is 1. The van der Waals surface area contributed by atoms with Crippen LogP contribution in [0, 0.1) is 5.92 Å². The van der Waals surface area contributed by atoms with Gasteiger partial charge in [0, 0.05) is 25.7 Å². The van der Waals surface area contributed by atoms with E-state index in [1.807, 2.05) is 0 Å². The van der Waals surface area contributed by atoms with Gasteiger partial charge in [0.1, 0.15) is 19.3 Å². The van der Waals surface area contributed by atoms with E-state index in [9.17, 15) is 43.2 Å². The van der Waals surface area contributed by atoms with Gasteiger partial charge >= 0.3 is 39.5 Å². The maximum Gasteiger partial charge on any atom is 0.472 e. The lowest BCUT2D eigenvalue weighted by molar-refractivity contribution is -0.161. The van der Waals surface area contributed by atoms with Crippen molar-refractivity contribution in [2.75, 3.05) is 39.6 Å². The molecular weight excluding hydrogens is 1070 g/mol. The Morgan fingerprint density at radius 1 is 0.338 bits per heavy atom. The third-order valence-electron chi connectivity index (χ3n) is 14.0. The Bertz CT molecular complexity index is 1570. The fraction of sp³-hybridized carbons (Fsp3) is 0.934. The number of hydrogen-bond donors (Lipinski definition) is 3. The highest BCUT2D eigenvalue weighted by Crippen LogP contribution is 2.45. The molecule has 0 saturated carbocycles. The molecule has 0 aliphatic carbocycles. The van der Waals surface area contributed by atoms with E-state index < -0.39 is 97.5 Å². The molecule has 3 N–H and O–H groups in total. The van der Waals surface area contributed by atoms with Crippen LogP contribution in [-0.2, 0) is 65.4 Å². The number of carbonyl (C=O) groups is 4. The van der Waals surface area contributed by atoms with Crippen LogP contribution in [0.2, 0.25) is 0 Å². The van der Waals surface area contributed by atoms with E-state index in [0.29, 0.717) is 31.6 Å². The Morgan fingerprint density at radius 3 is 0.850 bits per heavy atom. The number of rotatable bonds is 61. The zero-order valence-electron chi connectivity index (χ0n) is 51.2. The van der Waals surface area contributed by atoms with Crippen molar-refractivity contribution >= 4 is 39.5 Å². The van der Waals surface area contributed by atoms with E-state index in [1.54, 1.807) is 0 Å². The summed E-state index contributed by atoms with van der Waals surface area (Å²) in [6.07, 6.45) is 37.7. The molecule has 0 aromatic carbocycles. The second kappa shape index (κ2) is 55.0. The van der Waals surface area contributed by atoms with Gasteiger partial charge in [0.15, 0.2) is 12.2 Å². The van der Waals surface area contributed by atoms with Crippen LogP contribution < -0.4 is 0 Å². The monoisotopic (exact) mass is 1180 g/mol. The summed E-state index contributed by atoms with van der Waals surface area (Å²) in [6, 6.07) is 0. The van der Waals surface area contributed by atoms with E-state index in [4.69, 9.17) is 37.0 Å². The molecule has 0 rings (SSSR count). The zero-order chi connectivity index (χ0) is 59.2. The fourth-order valence-electron chi connectivity index (χ4n) is 9.05. The largest absolute Gasteiger partial charge is 0.472 e. The molecule has 0 aliphatic heterocycles. The smallest absolute Gasteiger partial charge is 0.462 e. The maximum atomic E-state index is 12.9. The molecule has 0 aromatic heterocycles. The van der Waals surface area contributed by atoms with Gasteiger partial charge in [0.05, 0.1) is 26.4 Å². The third kappa shape index (κ3) is 55.3. The van der Waals surface area contributed by atoms with Crippen molar-refractivity contribution in [3.05, 3.63) is 0 Å². The van der Waals surface area contributed by atoms with E-state index in [0.717, 1.165) is 109 Å². The van der Waals surface area contributed by atoms with E-state index in [2.05, 4.69) is 34.6 Å². The van der Waals surface area contributed by atoms with Crippen LogP contribution in [0.3, 0.4) is 0 Å². The molecule has 0 spiro atoms. The third-order valence-corrected chi connectivity index (χ3v) is 15.9. The Morgan fingerprint density at radius 2 is 0.575 bits per heavy atom. The molecule has 2 unspecified atom stereocenters. The predicted octanol–water partition coefficient (Wildman–Crippen LogP) is 16.6. The summed E-state index contributed by atoms with van der Waals surface area (Å²) in [7, 11) is -9.87. The highest BCUT2D eigenvalue weighted by atomic mass is 31.2. The standard InChI is InChI=1S/C61H118O17P2/c1-6-9-12-15-18-20-21-22-23-24-26-31-37-42-47-61(66)78-57(51-72-59(64)45-40-35-32-27-29-33-38-43-54(4)5)53-76-80(69,70)74-49-55(62)48-73-79(67,68)75-52-56(50-71-58(63)44-39-34-28-17-14-11-8-3)77-60(65)46-41-36-30-25-19-16-13-10-7-2/h54-57,62H,6-53H2,1-5H3,(H,67,68)(H,69,70)/t55-,56+,57+/m0/s1. The molecule has 17 nitrogen and oxygen atoms in total. The van der Waals surface area contributed by atoms with Crippen molar-refractivity contribution in [3.8, 4) is 0 Å². The minimum atomic E-state index is -4.94. The Balaban J connectivity index is 5.20. The first-order chi connectivity index (χ1) is 38.5. The molecule has 0 bridgehead atoms. The summed E-state index contributed by atoms with van der Waals surface area (Å²) in [6.45, 7) is 7.06. The van der Waals surface area contributed by atoms with Gasteiger partial charge in [-0.05, 0) is 31.6 Å². The second-order valence-corrected chi connectivity index (χ2v) is 25.5. The van der Waals surface area contributed by atoms with Crippen LogP contribution in [0.15, 0.2) is 0 Å². The van der Waals surface area contributed by atoms with Crippen molar-refractivity contribution in [3.63, 3.8) is 0 Å². The molecule has 0 aliphatic rings. The van der Waals surface area contributed by atoms with Gasteiger partial charge in [0.25, 0.3) is 0 Å². The predicted molar refractivity (Wildman–Crippen MR) is 317 cm³/mol. The van der Waals surface area contributed by atoms with Crippen LogP contribution in [0.5, 0.6) is 0 Å². The second-order valence-electron chi connectivity index (χ2n) is 22.6. The molecule has 0 amide bonds. The quantitative estimate of drug-likeness (QED) is 0.0222. The van der Waals surface area contributed by atoms with Gasteiger partial charge in [-0.1, -0.05) is 253 Å². The average molecular weight is 1190 g/mol. The van der Waals surface area contributed by atoms with Crippen molar-refractivity contribution < 1.29 is 80.2 Å². The number of aliphatic hydroxyl groups excluding tert-OH is 1. The van der Waals surface area contributed by atoms with Gasteiger partial charge in [0.2, 0.25) is 0 Å². The summed E-state index contributed by atoms with van der Waals surface area (Å²) in [4.78, 5) is 71.9. The summed E-state index contributed by atoms with van der Waals surface area (Å²) in [5.41, 5.74) is 0. The summed E-state index contributed by atoms with van der Waals surface area (Å²) >= 11 is 0. The van der Waals surface area contributed by atoms with Crippen molar-refractivity contribution in [1.82, 2.24) is 0 Å². The Labute approximate surface area is 486 Å². The number of carbonyl (C=O) groups excluding carboxylic acids is 4. The Hall–Kier alpha value is -1.94. The first-order valence-corrected chi connectivity index (χ1v) is 35.1. The number of hydrogen-bond acceptors (Lipinski definition) is 15. The van der Waals surface area contributed by atoms with Crippen molar-refractivity contribution in [2.24, 2.45) is 5.92 Å². The van der Waals surface area contributed by atoms with Crippen LogP contribution in [0.1, 0.15) is 304 Å². The Kier molecular flexibility index (Phi) is 53.6. The van der Waals surface area contributed by atoms with Gasteiger partial charge in [-0.15, -0.1) is 0 Å². The molecule has 0 aromatic rings. The average Bonchev–Trinajstić information content (AvgIpc) is 3.42. The van der Waals surface area contributed by atoms with Crippen LogP contribution >= 0.6 is 15.6 Å². The lowest BCUT2D eigenvalue weighted by atomic mass is 10.0. The maximum absolute atomic E-state index is 12.9. The number of unbranched alkanes of at least 4 members (excludes halogenated alkanes) is 33. The van der Waals surface area contributed by atoms with Gasteiger partial charge < -0.3 is 33.8 Å². The van der Waals surface area contributed by atoms with Gasteiger partial charge in [-0.2, -0.15) is 0 Å². The lowest BCUT2D eigenvalue weighted by Crippen LogP contribution is -2.30. The SMILES string of the molecule is CCCCCCCCCCCCCCCCC(=O)O[C@H](COC(=O)CCCCCCCCCC(C)C)COP(=O)(O)OC[C@@H](O)COP(=O)(O)OC[C@@H](COC(=O)CCCCCCCCC)OC(=O)CCCCCCCCCCC. The molecule has 0 saturated heterocycles. The highest BCUT2D eigenvalue weighted by molar-refractivity contribution is 7.47. The van der Waals surface area contributed by atoms with Gasteiger partial charge in [-0.25, -0.2) is 9.13 Å². The lowest BCUT2D eigenvalue weighted by Gasteiger charge is -2.21. The molecular formula is C61H118O17P2. The normalized spacial score (nSPS) is 14.3. The van der Waals surface area contributed by atoms with Crippen molar-refractivity contribution in [1.29, 1.82) is 0 Å². The number of phosphoric ester groups is 2. The molecule has 474 valence electrons. The van der Waals surface area contributed by atoms with E-state index in [1.165, 1.54) is 109 Å². The topological polar surface area (TPSA) is 237 Å². The number of esters is 4. The van der Waals surface area contributed by atoms with Crippen LogP contribution in [0.25, 0.3) is 0 Å². The molecule has 19 heteroatoms. The van der Waals surface area contributed by atoms with Crippen LogP contribution in [0.4, 0.5) is 0 Å². The molecule has 5 atom stereocenters. The first kappa shape index (κ1) is 78.1. The van der Waals surface area contributed by atoms with E-state index in [-0.39, 0.29) is 25.7 Å². The molecule has 0 fully saturated rings. The first-order valence-electron chi connectivity index (χ1n) is 32.1. The minimum Gasteiger partial charge on any atom is -0.462 e. The van der Waals surface area contributed by atoms with Gasteiger partial charge in [-0.3, -0.25) is 37.3 Å². The summed E-state index contributed by atoms with van der Waals surface area (Å²) in [5.74, 6) is -1.44. The van der Waals surface area contributed by atoms with Crippen LogP contribution in [-0.4, -0.2) is 96.7 Å². The molecule has 0 heterocycles. The molecule has 0 radical (unpaired) electrons. The highest BCUT2D eigenvalue weighted by Gasteiger charge is 2.30. The van der Waals surface area contributed by atoms with Crippen molar-refractivity contribution in [2.45, 2.75) is 323 Å². The van der Waals surface area contributed by atoms with E-state index >= 15 is 0 Å².